The third kappa shape index (κ3) is 65.1. The van der Waals surface area contributed by atoms with Crippen molar-refractivity contribution >= 4 is 17.9 Å². The van der Waals surface area contributed by atoms with Crippen LogP contribution in [0.1, 0.15) is 335 Å². The van der Waals surface area contributed by atoms with Crippen LogP contribution in [0, 0.1) is 0 Å². The first-order valence-corrected chi connectivity index (χ1v) is 34.2. The number of esters is 3. The molecule has 0 fully saturated rings. The molecule has 80 heavy (non-hydrogen) atoms. The topological polar surface area (TPSA) is 78.9 Å². The average molecular weight is 1110 g/mol. The minimum Gasteiger partial charge on any atom is -0.462 e. The van der Waals surface area contributed by atoms with Crippen LogP contribution in [0.2, 0.25) is 0 Å². The zero-order valence-electron chi connectivity index (χ0n) is 52.8. The number of rotatable bonds is 62. The van der Waals surface area contributed by atoms with E-state index in [1.165, 1.54) is 180 Å². The molecule has 1 unspecified atom stereocenters. The predicted octanol–water partition coefficient (Wildman–Crippen LogP) is 23.6. The molecular formula is C74H128O6. The lowest BCUT2D eigenvalue weighted by Gasteiger charge is -2.18. The van der Waals surface area contributed by atoms with E-state index in [0.717, 1.165) is 116 Å². The summed E-state index contributed by atoms with van der Waals surface area (Å²) < 4.78 is 16.9. The van der Waals surface area contributed by atoms with Gasteiger partial charge in [-0.3, -0.25) is 14.4 Å². The van der Waals surface area contributed by atoms with E-state index in [4.69, 9.17) is 14.2 Å². The molecule has 0 aliphatic carbocycles. The van der Waals surface area contributed by atoms with Crippen molar-refractivity contribution in [3.8, 4) is 0 Å². The standard InChI is InChI=1S/C74H128O6/c1-4-7-10-13-16-19-22-25-28-30-31-32-33-34-35-36-37-38-39-40-41-42-43-45-46-49-52-55-58-61-64-67-73(76)79-70-71(69-78-72(75)66-63-60-57-54-51-48-27-24-21-18-15-12-9-6-3)80-74(77)68-65-62-59-56-53-50-47-44-29-26-23-20-17-14-11-8-5-2/h7-8,10-11,16-17,19-20,24-29,31-32,71H,4-6,9,12-15,18,21-23,30,33-70H2,1-3H3/b10-7-,11-8-,19-16-,20-17-,27-24-,28-25-,29-26-,32-31-. The zero-order chi connectivity index (χ0) is 57.8. The van der Waals surface area contributed by atoms with Crippen molar-refractivity contribution in [1.82, 2.24) is 0 Å². The maximum Gasteiger partial charge on any atom is 0.306 e. The molecular weight excluding hydrogens is 985 g/mol. The van der Waals surface area contributed by atoms with Crippen molar-refractivity contribution in [2.24, 2.45) is 0 Å². The van der Waals surface area contributed by atoms with Crippen molar-refractivity contribution in [1.29, 1.82) is 0 Å². The van der Waals surface area contributed by atoms with Crippen molar-refractivity contribution in [2.45, 2.75) is 341 Å². The highest BCUT2D eigenvalue weighted by Crippen LogP contribution is 2.17. The summed E-state index contributed by atoms with van der Waals surface area (Å²) in [5.41, 5.74) is 0. The van der Waals surface area contributed by atoms with Crippen LogP contribution in [0.25, 0.3) is 0 Å². The number of allylic oxidation sites excluding steroid dienone is 16. The lowest BCUT2D eigenvalue weighted by Crippen LogP contribution is -2.30. The summed E-state index contributed by atoms with van der Waals surface area (Å²) in [4.78, 5) is 38.4. The molecule has 0 heterocycles. The van der Waals surface area contributed by atoms with Gasteiger partial charge in [0.15, 0.2) is 6.10 Å². The smallest absolute Gasteiger partial charge is 0.306 e. The molecule has 0 aromatic heterocycles. The highest BCUT2D eigenvalue weighted by Gasteiger charge is 2.19. The van der Waals surface area contributed by atoms with E-state index in [1.54, 1.807) is 0 Å². The summed E-state index contributed by atoms with van der Waals surface area (Å²) >= 11 is 0. The molecule has 0 rings (SSSR count). The highest BCUT2D eigenvalue weighted by atomic mass is 16.6. The molecule has 6 nitrogen and oxygen atoms in total. The number of unbranched alkanes of at least 4 members (excludes halogenated alkanes) is 35. The molecule has 1 atom stereocenters. The Morgan fingerprint density at radius 2 is 0.487 bits per heavy atom. The molecule has 0 spiro atoms. The van der Waals surface area contributed by atoms with Gasteiger partial charge in [0, 0.05) is 19.3 Å². The summed E-state index contributed by atoms with van der Waals surface area (Å²) in [5, 5.41) is 0. The molecule has 0 aliphatic rings. The minimum absolute atomic E-state index is 0.0810. The molecule has 460 valence electrons. The van der Waals surface area contributed by atoms with Gasteiger partial charge in [-0.1, -0.05) is 298 Å². The Bertz CT molecular complexity index is 1560. The predicted molar refractivity (Wildman–Crippen MR) is 348 cm³/mol. The number of ether oxygens (including phenoxy) is 3. The molecule has 0 N–H and O–H groups in total. The zero-order valence-corrected chi connectivity index (χ0v) is 52.8. The maximum atomic E-state index is 12.9. The van der Waals surface area contributed by atoms with Crippen LogP contribution in [-0.4, -0.2) is 37.2 Å². The fourth-order valence-electron chi connectivity index (χ4n) is 9.74. The Kier molecular flexibility index (Phi) is 64.7. The molecule has 0 saturated heterocycles. The molecule has 0 radical (unpaired) electrons. The van der Waals surface area contributed by atoms with Gasteiger partial charge in [0.2, 0.25) is 0 Å². The quantitative estimate of drug-likeness (QED) is 0.0261. The number of carbonyl (C=O) groups excluding carboxylic acids is 3. The molecule has 0 aromatic rings. The molecule has 0 bridgehead atoms. The van der Waals surface area contributed by atoms with Crippen LogP contribution in [0.4, 0.5) is 0 Å². The fourth-order valence-corrected chi connectivity index (χ4v) is 9.74. The lowest BCUT2D eigenvalue weighted by molar-refractivity contribution is -0.167. The number of carbonyl (C=O) groups is 3. The largest absolute Gasteiger partial charge is 0.462 e. The van der Waals surface area contributed by atoms with E-state index in [2.05, 4.69) is 118 Å². The first kappa shape index (κ1) is 76.3. The Morgan fingerprint density at radius 1 is 0.263 bits per heavy atom. The van der Waals surface area contributed by atoms with Crippen LogP contribution in [-0.2, 0) is 28.6 Å². The average Bonchev–Trinajstić information content (AvgIpc) is 3.46. The van der Waals surface area contributed by atoms with E-state index in [0.29, 0.717) is 19.3 Å². The van der Waals surface area contributed by atoms with Crippen molar-refractivity contribution in [2.75, 3.05) is 13.2 Å². The van der Waals surface area contributed by atoms with Gasteiger partial charge in [-0.25, -0.2) is 0 Å². The number of hydrogen-bond acceptors (Lipinski definition) is 6. The Hall–Kier alpha value is -3.67. The van der Waals surface area contributed by atoms with Crippen molar-refractivity contribution < 1.29 is 28.6 Å². The van der Waals surface area contributed by atoms with E-state index < -0.39 is 6.10 Å². The monoisotopic (exact) mass is 1110 g/mol. The Morgan fingerprint density at radius 3 is 0.775 bits per heavy atom. The van der Waals surface area contributed by atoms with Gasteiger partial charge < -0.3 is 14.2 Å². The second-order valence-electron chi connectivity index (χ2n) is 22.7. The minimum atomic E-state index is -0.786. The highest BCUT2D eigenvalue weighted by molar-refractivity contribution is 5.71. The van der Waals surface area contributed by atoms with Crippen LogP contribution in [0.15, 0.2) is 97.2 Å². The van der Waals surface area contributed by atoms with Crippen LogP contribution < -0.4 is 0 Å². The van der Waals surface area contributed by atoms with Crippen LogP contribution >= 0.6 is 0 Å². The SMILES string of the molecule is CC/C=C\C/C=C\C/C=C\C/C=C\CCCCCCCCCCCCCCCCCCCCC(=O)OCC(COC(=O)CCCCCCC/C=C\CCCCCCC)OC(=O)CCCCCCCCC/C=C\C/C=C\C/C=C\CC. The summed E-state index contributed by atoms with van der Waals surface area (Å²) in [6.07, 6.45) is 91.5. The molecule has 0 aromatic carbocycles. The molecule has 0 amide bonds. The third-order valence-corrected chi connectivity index (χ3v) is 14.8. The second-order valence-corrected chi connectivity index (χ2v) is 22.7. The molecule has 6 heteroatoms. The van der Waals surface area contributed by atoms with Gasteiger partial charge in [0.05, 0.1) is 0 Å². The first-order valence-electron chi connectivity index (χ1n) is 34.2. The van der Waals surface area contributed by atoms with E-state index in [1.807, 2.05) is 0 Å². The third-order valence-electron chi connectivity index (χ3n) is 14.8. The van der Waals surface area contributed by atoms with Crippen molar-refractivity contribution in [3.63, 3.8) is 0 Å². The maximum absolute atomic E-state index is 12.9. The number of hydrogen-bond donors (Lipinski definition) is 0. The summed E-state index contributed by atoms with van der Waals surface area (Å²) in [6.45, 7) is 6.43. The Labute approximate surface area is 496 Å². The summed E-state index contributed by atoms with van der Waals surface area (Å²) in [6, 6.07) is 0. The van der Waals surface area contributed by atoms with E-state index in [-0.39, 0.29) is 31.1 Å². The lowest BCUT2D eigenvalue weighted by atomic mass is 10.0. The van der Waals surface area contributed by atoms with Gasteiger partial charge in [0.1, 0.15) is 13.2 Å². The van der Waals surface area contributed by atoms with Crippen LogP contribution in [0.3, 0.4) is 0 Å². The van der Waals surface area contributed by atoms with E-state index >= 15 is 0 Å². The Balaban J connectivity index is 4.21. The van der Waals surface area contributed by atoms with Gasteiger partial charge in [-0.15, -0.1) is 0 Å². The molecule has 0 aliphatic heterocycles. The summed E-state index contributed by atoms with van der Waals surface area (Å²) in [5.74, 6) is -0.885. The van der Waals surface area contributed by atoms with Gasteiger partial charge in [-0.2, -0.15) is 0 Å². The molecule has 0 saturated carbocycles. The van der Waals surface area contributed by atoms with Gasteiger partial charge in [0.25, 0.3) is 0 Å². The van der Waals surface area contributed by atoms with Crippen molar-refractivity contribution in [3.05, 3.63) is 97.2 Å². The fraction of sp³-hybridized carbons (Fsp3) is 0.743. The van der Waals surface area contributed by atoms with Crippen LogP contribution in [0.5, 0.6) is 0 Å². The van der Waals surface area contributed by atoms with Gasteiger partial charge in [-0.05, 0) is 116 Å². The normalized spacial score (nSPS) is 12.7. The first-order chi connectivity index (χ1) is 39.5. The van der Waals surface area contributed by atoms with E-state index in [9.17, 15) is 14.4 Å². The summed E-state index contributed by atoms with van der Waals surface area (Å²) in [7, 11) is 0. The van der Waals surface area contributed by atoms with Gasteiger partial charge >= 0.3 is 17.9 Å². The second kappa shape index (κ2) is 67.8.